The van der Waals surface area contributed by atoms with Gasteiger partial charge in [-0.05, 0) is 146 Å². The van der Waals surface area contributed by atoms with Crippen molar-refractivity contribution in [1.82, 2.24) is 4.57 Å². The number of para-hydroxylation sites is 1. The Bertz CT molecular complexity index is 3490. The summed E-state index contributed by atoms with van der Waals surface area (Å²) in [4.78, 5) is 2.75. The molecule has 2 aliphatic carbocycles. The highest BCUT2D eigenvalue weighted by Gasteiger charge is 2.48. The molecule has 4 heterocycles. The normalized spacial score (nSPS) is 17.4. The summed E-state index contributed by atoms with van der Waals surface area (Å²) in [7, 11) is 0. The molecule has 7 aromatic carbocycles. The standard InChI is InChI=1S/C58H53BN2O/c1-32-25-40-38-26-44-45(57(7,8)24-23-56(44,5)6)31-48(38)61(34-21-19-33(20-22-34)55(2,3)4)59-46-30-43-37(35-15-11-13-17-42(35)58(43,9)10)27-49(46)60-47-28-39-36-16-12-14-18-50(36)62-51(39)29-41(47)52(32)54(60)53(40)59/h11-22,25-31H,23-24H2,1-10H3. The van der Waals surface area contributed by atoms with Crippen molar-refractivity contribution in [3.63, 3.8) is 0 Å². The summed E-state index contributed by atoms with van der Waals surface area (Å²) in [5, 5.41) is 4.90. The van der Waals surface area contributed by atoms with Crippen LogP contribution in [0.25, 0.3) is 71.7 Å². The van der Waals surface area contributed by atoms with Gasteiger partial charge in [-0.25, -0.2) is 0 Å². The first-order chi connectivity index (χ1) is 29.5. The van der Waals surface area contributed by atoms with E-state index in [0.717, 1.165) is 21.9 Å². The van der Waals surface area contributed by atoms with Gasteiger partial charge in [0.25, 0.3) is 0 Å². The van der Waals surface area contributed by atoms with Crippen LogP contribution < -0.4 is 15.7 Å². The van der Waals surface area contributed by atoms with Crippen LogP contribution in [0.1, 0.15) is 109 Å². The molecule has 0 bridgehead atoms. The maximum absolute atomic E-state index is 6.63. The molecule has 304 valence electrons. The third-order valence-corrected chi connectivity index (χ3v) is 16.1. The highest BCUT2D eigenvalue weighted by molar-refractivity contribution is 6.93. The molecule has 13 rings (SSSR count). The van der Waals surface area contributed by atoms with Gasteiger partial charge in [0, 0.05) is 49.6 Å². The lowest BCUT2D eigenvalue weighted by molar-refractivity contribution is 0.332. The molecular formula is C58H53BN2O. The molecular weight excluding hydrogens is 751 g/mol. The maximum atomic E-state index is 6.63. The lowest BCUT2D eigenvalue weighted by Crippen LogP contribution is -2.61. The second-order valence-corrected chi connectivity index (χ2v) is 22.1. The first-order valence-corrected chi connectivity index (χ1v) is 22.8. The highest BCUT2D eigenvalue weighted by atomic mass is 16.3. The van der Waals surface area contributed by atoms with Crippen molar-refractivity contribution in [3.8, 4) is 27.9 Å². The van der Waals surface area contributed by atoms with Crippen LogP contribution in [0.5, 0.6) is 0 Å². The smallest absolute Gasteiger partial charge is 0.333 e. The molecule has 0 amide bonds. The number of hydrogen-bond donors (Lipinski definition) is 0. The van der Waals surface area contributed by atoms with E-state index in [1.165, 1.54) is 118 Å². The quantitative estimate of drug-likeness (QED) is 0.154. The molecule has 2 aromatic heterocycles. The minimum Gasteiger partial charge on any atom is -0.456 e. The second kappa shape index (κ2) is 11.5. The predicted octanol–water partition coefficient (Wildman–Crippen LogP) is 14.2. The molecule has 0 N–H and O–H groups in total. The summed E-state index contributed by atoms with van der Waals surface area (Å²) in [6.45, 7) is 24.0. The van der Waals surface area contributed by atoms with Gasteiger partial charge in [0.1, 0.15) is 11.2 Å². The summed E-state index contributed by atoms with van der Waals surface area (Å²) in [5.74, 6) is 0. The highest BCUT2D eigenvalue weighted by Crippen LogP contribution is 2.55. The largest absolute Gasteiger partial charge is 0.456 e. The lowest BCUT2D eigenvalue weighted by Gasteiger charge is -2.46. The van der Waals surface area contributed by atoms with E-state index in [1.54, 1.807) is 0 Å². The number of benzene rings is 7. The van der Waals surface area contributed by atoms with Crippen molar-refractivity contribution in [2.75, 3.05) is 4.81 Å². The molecule has 0 radical (unpaired) electrons. The monoisotopic (exact) mass is 804 g/mol. The Morgan fingerprint density at radius 1 is 0.581 bits per heavy atom. The van der Waals surface area contributed by atoms with Gasteiger partial charge in [0.2, 0.25) is 0 Å². The Kier molecular flexibility index (Phi) is 6.81. The van der Waals surface area contributed by atoms with Crippen LogP contribution in [0, 0.1) is 6.92 Å². The van der Waals surface area contributed by atoms with Crippen LogP contribution in [0.15, 0.2) is 120 Å². The zero-order chi connectivity index (χ0) is 42.6. The van der Waals surface area contributed by atoms with Crippen LogP contribution >= 0.6 is 0 Å². The van der Waals surface area contributed by atoms with Gasteiger partial charge in [-0.15, -0.1) is 0 Å². The van der Waals surface area contributed by atoms with Gasteiger partial charge in [-0.1, -0.05) is 129 Å². The fourth-order valence-electron chi connectivity index (χ4n) is 12.6. The molecule has 62 heavy (non-hydrogen) atoms. The van der Waals surface area contributed by atoms with Crippen molar-refractivity contribution in [3.05, 3.63) is 149 Å². The molecule has 4 heteroatoms. The van der Waals surface area contributed by atoms with Crippen LogP contribution in [-0.2, 0) is 21.7 Å². The summed E-state index contributed by atoms with van der Waals surface area (Å²) < 4.78 is 9.30. The van der Waals surface area contributed by atoms with Crippen LogP contribution in [0.3, 0.4) is 0 Å². The molecule has 3 nitrogen and oxygen atoms in total. The van der Waals surface area contributed by atoms with Gasteiger partial charge >= 0.3 is 6.85 Å². The van der Waals surface area contributed by atoms with Crippen LogP contribution in [0.2, 0.25) is 0 Å². The van der Waals surface area contributed by atoms with Crippen molar-refractivity contribution >= 4 is 72.9 Å². The third-order valence-electron chi connectivity index (χ3n) is 16.1. The van der Waals surface area contributed by atoms with E-state index in [0.29, 0.717) is 0 Å². The van der Waals surface area contributed by atoms with Gasteiger partial charge in [0.05, 0.1) is 11.0 Å². The zero-order valence-electron chi connectivity index (χ0n) is 37.8. The van der Waals surface area contributed by atoms with E-state index in [9.17, 15) is 0 Å². The molecule has 0 atom stereocenters. The Morgan fingerprint density at radius 2 is 1.29 bits per heavy atom. The van der Waals surface area contributed by atoms with E-state index >= 15 is 0 Å². The number of nitrogens with zero attached hydrogens (tertiary/aromatic N) is 2. The van der Waals surface area contributed by atoms with Gasteiger partial charge < -0.3 is 13.8 Å². The maximum Gasteiger partial charge on any atom is 0.333 e. The SMILES string of the molecule is Cc1cc2c3c4c1c1cc5oc6ccccc6c5cc1n4-c1cc4c(cc1B3N(c1ccc(C(C)(C)C)cc1)c1cc3c(cc1-2)C(C)(C)CCC3(C)C)C(C)(C)c1ccccc1-4. The van der Waals surface area contributed by atoms with Crippen molar-refractivity contribution in [2.45, 2.75) is 104 Å². The minimum absolute atomic E-state index is 0.0489. The Balaban J connectivity index is 1.22. The Labute approximate surface area is 365 Å². The zero-order valence-corrected chi connectivity index (χ0v) is 37.8. The number of hydrogen-bond acceptors (Lipinski definition) is 2. The van der Waals surface area contributed by atoms with E-state index in [4.69, 9.17) is 4.42 Å². The molecule has 9 aromatic rings. The molecule has 2 aliphatic heterocycles. The van der Waals surface area contributed by atoms with Crippen molar-refractivity contribution in [2.24, 2.45) is 0 Å². The average molecular weight is 805 g/mol. The van der Waals surface area contributed by atoms with E-state index < -0.39 is 0 Å². The second-order valence-electron chi connectivity index (χ2n) is 22.1. The molecule has 0 saturated carbocycles. The van der Waals surface area contributed by atoms with Crippen molar-refractivity contribution in [1.29, 1.82) is 0 Å². The number of aryl methyl sites for hydroxylation is 1. The molecule has 0 fully saturated rings. The summed E-state index contributed by atoms with van der Waals surface area (Å²) in [6.07, 6.45) is 2.35. The number of furan rings is 1. The summed E-state index contributed by atoms with van der Waals surface area (Å²) in [5.41, 5.74) is 25.0. The van der Waals surface area contributed by atoms with Crippen LogP contribution in [-0.4, -0.2) is 11.4 Å². The van der Waals surface area contributed by atoms with Crippen LogP contribution in [0.4, 0.5) is 11.4 Å². The lowest BCUT2D eigenvalue weighted by atomic mass is 9.43. The number of anilines is 2. The van der Waals surface area contributed by atoms with Gasteiger partial charge in [0.15, 0.2) is 0 Å². The summed E-state index contributed by atoms with van der Waals surface area (Å²) in [6, 6.07) is 44.9. The Morgan fingerprint density at radius 3 is 2.05 bits per heavy atom. The van der Waals surface area contributed by atoms with Gasteiger partial charge in [-0.2, -0.15) is 0 Å². The molecule has 0 spiro atoms. The average Bonchev–Trinajstić information content (AvgIpc) is 3.85. The molecule has 0 saturated heterocycles. The van der Waals surface area contributed by atoms with Gasteiger partial charge in [-0.3, -0.25) is 0 Å². The fraction of sp³-hybridized carbons (Fsp3) is 0.276. The third kappa shape index (κ3) is 4.53. The van der Waals surface area contributed by atoms with E-state index in [-0.39, 0.29) is 28.5 Å². The van der Waals surface area contributed by atoms with E-state index in [2.05, 4.69) is 194 Å². The number of fused-ring (bicyclic) bond motifs is 15. The molecule has 0 unspecified atom stereocenters. The van der Waals surface area contributed by atoms with E-state index in [1.807, 2.05) is 0 Å². The predicted molar refractivity (Wildman–Crippen MR) is 263 cm³/mol. The number of aromatic nitrogens is 1. The number of rotatable bonds is 1. The fourth-order valence-corrected chi connectivity index (χ4v) is 12.6. The Hall–Kier alpha value is -6.00. The minimum atomic E-state index is -0.145. The first kappa shape index (κ1) is 36.6. The van der Waals surface area contributed by atoms with Crippen molar-refractivity contribution < 1.29 is 4.42 Å². The topological polar surface area (TPSA) is 21.3 Å². The summed E-state index contributed by atoms with van der Waals surface area (Å²) >= 11 is 0. The molecule has 4 aliphatic rings. The first-order valence-electron chi connectivity index (χ1n) is 22.8.